The SMILES string of the molecule is Cc1ccc(F)c(-c2c(-c3cn(C)nc3C(N)=O)[nH]c3ncccc23)c1. The number of hydrogen-bond donors (Lipinski definition) is 2. The van der Waals surface area contributed by atoms with Gasteiger partial charge in [-0.1, -0.05) is 11.6 Å². The van der Waals surface area contributed by atoms with Gasteiger partial charge in [-0.3, -0.25) is 9.48 Å². The Morgan fingerprint density at radius 2 is 2.08 bits per heavy atom. The van der Waals surface area contributed by atoms with Crippen molar-refractivity contribution in [2.75, 3.05) is 0 Å². The van der Waals surface area contributed by atoms with Gasteiger partial charge in [-0.15, -0.1) is 0 Å². The number of fused-ring (bicyclic) bond motifs is 1. The molecule has 1 amide bonds. The third-order valence-electron chi connectivity index (χ3n) is 4.29. The third-order valence-corrected chi connectivity index (χ3v) is 4.29. The third kappa shape index (κ3) is 2.45. The van der Waals surface area contributed by atoms with E-state index in [-0.39, 0.29) is 11.5 Å². The molecule has 0 aliphatic rings. The molecule has 0 unspecified atom stereocenters. The molecule has 0 aliphatic heterocycles. The average Bonchev–Trinajstić information content (AvgIpc) is 3.17. The van der Waals surface area contributed by atoms with Gasteiger partial charge in [0.25, 0.3) is 5.91 Å². The van der Waals surface area contributed by atoms with Crippen molar-refractivity contribution < 1.29 is 9.18 Å². The fourth-order valence-electron chi connectivity index (χ4n) is 3.19. The number of hydrogen-bond acceptors (Lipinski definition) is 3. The zero-order valence-electron chi connectivity index (χ0n) is 14.2. The smallest absolute Gasteiger partial charge is 0.269 e. The highest BCUT2D eigenvalue weighted by atomic mass is 19.1. The van der Waals surface area contributed by atoms with E-state index in [1.54, 1.807) is 37.6 Å². The minimum Gasteiger partial charge on any atom is -0.364 e. The second kappa shape index (κ2) is 5.80. The lowest BCUT2D eigenvalue weighted by Crippen LogP contribution is -2.13. The Labute approximate surface area is 148 Å². The van der Waals surface area contributed by atoms with Gasteiger partial charge in [-0.05, 0) is 31.2 Å². The van der Waals surface area contributed by atoms with Crippen molar-refractivity contribution >= 4 is 16.9 Å². The number of primary amides is 1. The van der Waals surface area contributed by atoms with Gasteiger partial charge in [0, 0.05) is 41.5 Å². The Hall–Kier alpha value is -3.48. The van der Waals surface area contributed by atoms with Crippen molar-refractivity contribution in [3.63, 3.8) is 0 Å². The summed E-state index contributed by atoms with van der Waals surface area (Å²) in [7, 11) is 1.70. The predicted molar refractivity (Wildman–Crippen MR) is 96.9 cm³/mol. The highest BCUT2D eigenvalue weighted by Gasteiger charge is 2.23. The minimum atomic E-state index is -0.650. The van der Waals surface area contributed by atoms with E-state index in [1.807, 2.05) is 13.0 Å². The molecule has 3 aromatic heterocycles. The summed E-state index contributed by atoms with van der Waals surface area (Å²) in [4.78, 5) is 19.4. The molecule has 4 aromatic rings. The maximum Gasteiger partial charge on any atom is 0.269 e. The van der Waals surface area contributed by atoms with Crippen LogP contribution in [0.2, 0.25) is 0 Å². The van der Waals surface area contributed by atoms with Gasteiger partial charge in [0.05, 0.1) is 5.69 Å². The predicted octanol–water partition coefficient (Wildman–Crippen LogP) is 3.18. The highest BCUT2D eigenvalue weighted by Crippen LogP contribution is 2.40. The molecule has 0 aliphatic carbocycles. The summed E-state index contributed by atoms with van der Waals surface area (Å²) in [5.74, 6) is -1.01. The Morgan fingerprint density at radius 3 is 2.85 bits per heavy atom. The largest absolute Gasteiger partial charge is 0.364 e. The molecule has 0 bridgehead atoms. The maximum absolute atomic E-state index is 14.7. The summed E-state index contributed by atoms with van der Waals surface area (Å²) in [5, 5.41) is 4.90. The zero-order valence-corrected chi connectivity index (χ0v) is 14.2. The van der Waals surface area contributed by atoms with Crippen LogP contribution in [0.4, 0.5) is 4.39 Å². The van der Waals surface area contributed by atoms with E-state index in [2.05, 4.69) is 15.1 Å². The van der Waals surface area contributed by atoms with Gasteiger partial charge in [0.1, 0.15) is 11.5 Å². The van der Waals surface area contributed by atoms with Crippen LogP contribution < -0.4 is 5.73 Å². The number of nitrogens with zero attached hydrogens (tertiary/aromatic N) is 3. The number of nitrogens with one attached hydrogen (secondary N) is 1. The summed E-state index contributed by atoms with van der Waals surface area (Å²) < 4.78 is 16.2. The molecular weight excluding hydrogens is 333 g/mol. The van der Waals surface area contributed by atoms with Crippen molar-refractivity contribution in [2.45, 2.75) is 6.92 Å². The van der Waals surface area contributed by atoms with Crippen molar-refractivity contribution in [3.05, 3.63) is 59.8 Å². The van der Waals surface area contributed by atoms with Gasteiger partial charge < -0.3 is 10.7 Å². The van der Waals surface area contributed by atoms with Gasteiger partial charge >= 0.3 is 0 Å². The van der Waals surface area contributed by atoms with Crippen LogP contribution in [-0.4, -0.2) is 25.7 Å². The molecule has 0 atom stereocenters. The van der Waals surface area contributed by atoms with Gasteiger partial charge in [0.2, 0.25) is 0 Å². The zero-order chi connectivity index (χ0) is 18.4. The topological polar surface area (TPSA) is 89.6 Å². The summed E-state index contributed by atoms with van der Waals surface area (Å²) >= 11 is 0. The van der Waals surface area contributed by atoms with Gasteiger partial charge in [-0.2, -0.15) is 5.10 Å². The fourth-order valence-corrected chi connectivity index (χ4v) is 3.19. The van der Waals surface area contributed by atoms with Crippen LogP contribution in [0, 0.1) is 12.7 Å². The van der Waals surface area contributed by atoms with Crippen molar-refractivity contribution in [2.24, 2.45) is 12.8 Å². The summed E-state index contributed by atoms with van der Waals surface area (Å²) in [5.41, 5.74) is 9.25. The van der Waals surface area contributed by atoms with Crippen LogP contribution in [0.5, 0.6) is 0 Å². The first-order valence-electron chi connectivity index (χ1n) is 8.02. The van der Waals surface area contributed by atoms with E-state index in [0.29, 0.717) is 28.0 Å². The number of amides is 1. The molecule has 4 rings (SSSR count). The van der Waals surface area contributed by atoms with Crippen molar-refractivity contribution in [1.29, 1.82) is 0 Å². The minimum absolute atomic E-state index is 0.119. The first-order chi connectivity index (χ1) is 12.5. The quantitative estimate of drug-likeness (QED) is 0.595. The standard InChI is InChI=1S/C19H16FN5O/c1-10-5-6-14(20)12(8-10)15-11-4-3-7-22-19(11)23-16(15)13-9-25(2)24-17(13)18(21)26/h3-9H,1-2H3,(H2,21,26)(H,22,23). The average molecular weight is 349 g/mol. The number of aromatic nitrogens is 4. The number of aryl methyl sites for hydroxylation is 2. The number of nitrogens with two attached hydrogens (primary N) is 1. The summed E-state index contributed by atoms with van der Waals surface area (Å²) in [6.07, 6.45) is 3.33. The Balaban J connectivity index is 2.12. The molecule has 6 nitrogen and oxygen atoms in total. The number of halogens is 1. The van der Waals surface area contributed by atoms with Gasteiger partial charge in [0.15, 0.2) is 5.69 Å². The molecule has 3 heterocycles. The molecular formula is C19H16FN5O. The number of aromatic amines is 1. The second-order valence-electron chi connectivity index (χ2n) is 6.19. The number of carbonyl (C=O) groups is 1. The fraction of sp³-hybridized carbons (Fsp3) is 0.105. The Kier molecular flexibility index (Phi) is 3.57. The Morgan fingerprint density at radius 1 is 1.27 bits per heavy atom. The number of pyridine rings is 1. The first kappa shape index (κ1) is 16.0. The lowest BCUT2D eigenvalue weighted by molar-refractivity contribution is 0.0995. The number of benzene rings is 1. The van der Waals surface area contributed by atoms with E-state index < -0.39 is 5.91 Å². The van der Waals surface area contributed by atoms with E-state index in [0.717, 1.165) is 10.9 Å². The molecule has 130 valence electrons. The number of rotatable bonds is 3. The molecule has 0 radical (unpaired) electrons. The maximum atomic E-state index is 14.7. The normalized spacial score (nSPS) is 11.2. The molecule has 7 heteroatoms. The first-order valence-corrected chi connectivity index (χ1v) is 8.02. The van der Waals surface area contributed by atoms with Gasteiger partial charge in [-0.25, -0.2) is 9.37 Å². The van der Waals surface area contributed by atoms with Crippen molar-refractivity contribution in [1.82, 2.24) is 19.7 Å². The van der Waals surface area contributed by atoms with Crippen LogP contribution in [0.15, 0.2) is 42.7 Å². The second-order valence-corrected chi connectivity index (χ2v) is 6.19. The van der Waals surface area contributed by atoms with Crippen LogP contribution in [0.25, 0.3) is 33.4 Å². The van der Waals surface area contributed by atoms with Crippen LogP contribution >= 0.6 is 0 Å². The Bertz CT molecular complexity index is 1160. The monoisotopic (exact) mass is 349 g/mol. The number of carbonyl (C=O) groups excluding carboxylic acids is 1. The molecule has 3 N–H and O–H groups in total. The number of H-pyrrole nitrogens is 1. The van der Waals surface area contributed by atoms with E-state index in [4.69, 9.17) is 5.73 Å². The van der Waals surface area contributed by atoms with Crippen LogP contribution in [0.1, 0.15) is 16.1 Å². The molecule has 0 saturated heterocycles. The van der Waals surface area contributed by atoms with Crippen LogP contribution in [0.3, 0.4) is 0 Å². The van der Waals surface area contributed by atoms with Crippen LogP contribution in [-0.2, 0) is 7.05 Å². The summed E-state index contributed by atoms with van der Waals surface area (Å²) in [6, 6.07) is 8.57. The van der Waals surface area contributed by atoms with E-state index in [1.165, 1.54) is 10.7 Å². The lowest BCUT2D eigenvalue weighted by Gasteiger charge is -2.07. The lowest BCUT2D eigenvalue weighted by atomic mass is 9.97. The van der Waals surface area contributed by atoms with E-state index in [9.17, 15) is 9.18 Å². The highest BCUT2D eigenvalue weighted by molar-refractivity contribution is 6.06. The molecule has 1 aromatic carbocycles. The van der Waals surface area contributed by atoms with Crippen molar-refractivity contribution in [3.8, 4) is 22.4 Å². The summed E-state index contributed by atoms with van der Waals surface area (Å²) in [6.45, 7) is 1.90. The molecule has 26 heavy (non-hydrogen) atoms. The molecule has 0 spiro atoms. The molecule has 0 saturated carbocycles. The molecule has 0 fully saturated rings. The van der Waals surface area contributed by atoms with E-state index >= 15 is 0 Å².